The van der Waals surface area contributed by atoms with Crippen molar-refractivity contribution in [3.8, 4) is 0 Å². The van der Waals surface area contributed by atoms with E-state index in [1.165, 1.54) is 5.54 Å². The minimum absolute atomic E-state index is 0.00535. The van der Waals surface area contributed by atoms with Gasteiger partial charge in [-0.1, -0.05) is 48.0 Å². The van der Waals surface area contributed by atoms with Crippen molar-refractivity contribution in [2.45, 2.75) is 25.7 Å². The van der Waals surface area contributed by atoms with Gasteiger partial charge in [0.15, 0.2) is 5.78 Å². The largest absolute Gasteiger partial charge is 0.299 e. The number of allylic oxidation sites excluding steroid dienone is 1. The molecule has 0 fully saturated rings. The van der Waals surface area contributed by atoms with Gasteiger partial charge in [-0.3, -0.25) is 9.59 Å². The number of Topliss-reactive ketones (excluding diaryl/α,β-unsaturated/α-hetero) is 2. The highest BCUT2D eigenvalue weighted by Crippen LogP contribution is 2.07. The van der Waals surface area contributed by atoms with Crippen molar-refractivity contribution in [3.05, 3.63) is 47.5 Å². The summed E-state index contributed by atoms with van der Waals surface area (Å²) in [5.41, 5.74) is 2.04. The third-order valence-electron chi connectivity index (χ3n) is 2.37. The van der Waals surface area contributed by atoms with E-state index in [4.69, 9.17) is 11.6 Å². The van der Waals surface area contributed by atoms with Crippen LogP contribution in [-0.4, -0.2) is 11.6 Å². The van der Waals surface area contributed by atoms with E-state index in [0.717, 1.165) is 12.8 Å². The third-order valence-corrected chi connectivity index (χ3v) is 2.55. The molecule has 0 saturated heterocycles. The summed E-state index contributed by atoms with van der Waals surface area (Å²) in [5, 5.41) is 0. The summed E-state index contributed by atoms with van der Waals surface area (Å²) >= 11 is 5.36. The molecule has 0 aromatic heterocycles. The lowest BCUT2D eigenvalue weighted by atomic mass is 10.0. The number of carbonyl (C=O) groups is 2. The summed E-state index contributed by atoms with van der Waals surface area (Å²) < 4.78 is 0. The van der Waals surface area contributed by atoms with Crippen LogP contribution in [0.2, 0.25) is 0 Å². The SMILES string of the molecule is O=C(CCC/C=C\Cl)CC(=O)c1ccccc1. The van der Waals surface area contributed by atoms with Crippen LogP contribution < -0.4 is 0 Å². The molecule has 0 heterocycles. The molecule has 1 rings (SSSR count). The van der Waals surface area contributed by atoms with E-state index in [1.807, 2.05) is 6.07 Å². The van der Waals surface area contributed by atoms with Crippen LogP contribution in [0.15, 0.2) is 41.9 Å². The Morgan fingerprint density at radius 2 is 1.88 bits per heavy atom. The standard InChI is InChI=1S/C14H15ClO2/c15-10-6-2-5-9-13(16)11-14(17)12-7-3-1-4-8-12/h1,3-4,6-8,10H,2,5,9,11H2/b10-6-. The van der Waals surface area contributed by atoms with Crippen LogP contribution in [0.25, 0.3) is 0 Å². The summed E-state index contributed by atoms with van der Waals surface area (Å²) in [4.78, 5) is 23.2. The van der Waals surface area contributed by atoms with Crippen molar-refractivity contribution >= 4 is 23.2 Å². The lowest BCUT2D eigenvalue weighted by Gasteiger charge is -2.00. The molecular weight excluding hydrogens is 236 g/mol. The van der Waals surface area contributed by atoms with E-state index in [1.54, 1.807) is 30.3 Å². The molecule has 1 aromatic carbocycles. The molecule has 0 radical (unpaired) electrons. The van der Waals surface area contributed by atoms with Gasteiger partial charge in [0.1, 0.15) is 5.78 Å². The second kappa shape index (κ2) is 7.80. The lowest BCUT2D eigenvalue weighted by molar-refractivity contribution is -0.118. The van der Waals surface area contributed by atoms with Gasteiger partial charge in [0.2, 0.25) is 0 Å². The van der Waals surface area contributed by atoms with Crippen LogP contribution in [0.5, 0.6) is 0 Å². The first kappa shape index (κ1) is 13.7. The maximum atomic E-state index is 11.7. The first-order valence-corrected chi connectivity index (χ1v) is 6.03. The van der Waals surface area contributed by atoms with E-state index in [-0.39, 0.29) is 18.0 Å². The van der Waals surface area contributed by atoms with Crippen LogP contribution >= 0.6 is 11.6 Å². The molecule has 0 aliphatic heterocycles. The zero-order valence-electron chi connectivity index (χ0n) is 9.56. The molecule has 0 unspecified atom stereocenters. The Kier molecular flexibility index (Phi) is 6.26. The summed E-state index contributed by atoms with van der Waals surface area (Å²) in [6.45, 7) is 0. The average Bonchev–Trinajstić information content (AvgIpc) is 2.36. The molecule has 0 spiro atoms. The van der Waals surface area contributed by atoms with E-state index in [2.05, 4.69) is 0 Å². The maximum Gasteiger partial charge on any atom is 0.170 e. The monoisotopic (exact) mass is 250 g/mol. The summed E-state index contributed by atoms with van der Waals surface area (Å²) in [7, 11) is 0. The van der Waals surface area contributed by atoms with Gasteiger partial charge in [-0.2, -0.15) is 0 Å². The molecule has 0 atom stereocenters. The van der Waals surface area contributed by atoms with E-state index < -0.39 is 0 Å². The van der Waals surface area contributed by atoms with Crippen LogP contribution in [0.4, 0.5) is 0 Å². The molecule has 0 N–H and O–H groups in total. The number of hydrogen-bond acceptors (Lipinski definition) is 2. The summed E-state index contributed by atoms with van der Waals surface area (Å²) in [6.07, 6.45) is 3.74. The zero-order chi connectivity index (χ0) is 12.5. The number of hydrogen-bond donors (Lipinski definition) is 0. The summed E-state index contributed by atoms with van der Waals surface area (Å²) in [5.74, 6) is -0.120. The number of unbranched alkanes of at least 4 members (excludes halogenated alkanes) is 1. The van der Waals surface area contributed by atoms with Gasteiger partial charge in [0.25, 0.3) is 0 Å². The van der Waals surface area contributed by atoms with Gasteiger partial charge in [0.05, 0.1) is 6.42 Å². The zero-order valence-corrected chi connectivity index (χ0v) is 10.3. The molecule has 1 aromatic rings. The molecule has 0 amide bonds. The maximum absolute atomic E-state index is 11.7. The molecular formula is C14H15ClO2. The number of ketones is 2. The predicted molar refractivity (Wildman–Crippen MR) is 69.2 cm³/mol. The Morgan fingerprint density at radius 3 is 2.53 bits per heavy atom. The Bertz CT molecular complexity index is 396. The molecule has 0 saturated carbocycles. The van der Waals surface area contributed by atoms with Gasteiger partial charge in [-0.25, -0.2) is 0 Å². The van der Waals surface area contributed by atoms with Crippen molar-refractivity contribution in [2.24, 2.45) is 0 Å². The molecule has 0 aliphatic rings. The second-order valence-electron chi connectivity index (χ2n) is 3.76. The Hall–Kier alpha value is -1.41. The predicted octanol–water partition coefficient (Wildman–Crippen LogP) is 3.75. The highest BCUT2D eigenvalue weighted by atomic mass is 35.5. The topological polar surface area (TPSA) is 34.1 Å². The van der Waals surface area contributed by atoms with Crippen LogP contribution in [-0.2, 0) is 4.79 Å². The molecule has 17 heavy (non-hydrogen) atoms. The highest BCUT2D eigenvalue weighted by Gasteiger charge is 2.10. The van der Waals surface area contributed by atoms with Gasteiger partial charge >= 0.3 is 0 Å². The summed E-state index contributed by atoms with van der Waals surface area (Å²) in [6, 6.07) is 8.89. The fraction of sp³-hybridized carbons (Fsp3) is 0.286. The van der Waals surface area contributed by atoms with E-state index in [9.17, 15) is 9.59 Å². The fourth-order valence-electron chi connectivity index (χ4n) is 1.47. The van der Waals surface area contributed by atoms with Crippen LogP contribution in [0.1, 0.15) is 36.0 Å². The fourth-order valence-corrected chi connectivity index (χ4v) is 1.60. The highest BCUT2D eigenvalue weighted by molar-refractivity contribution is 6.25. The molecule has 2 nitrogen and oxygen atoms in total. The molecule has 90 valence electrons. The minimum atomic E-state index is -0.108. The Morgan fingerprint density at radius 1 is 1.18 bits per heavy atom. The second-order valence-corrected chi connectivity index (χ2v) is 4.01. The van der Waals surface area contributed by atoms with E-state index in [0.29, 0.717) is 12.0 Å². The van der Waals surface area contributed by atoms with Crippen molar-refractivity contribution in [2.75, 3.05) is 0 Å². The van der Waals surface area contributed by atoms with Crippen LogP contribution in [0, 0.1) is 0 Å². The van der Waals surface area contributed by atoms with Crippen molar-refractivity contribution in [3.63, 3.8) is 0 Å². The Balaban J connectivity index is 2.34. The minimum Gasteiger partial charge on any atom is -0.299 e. The Labute approximate surface area is 106 Å². The van der Waals surface area contributed by atoms with Gasteiger partial charge in [0, 0.05) is 17.5 Å². The number of benzene rings is 1. The first-order chi connectivity index (χ1) is 8.24. The van der Waals surface area contributed by atoms with Gasteiger partial charge in [-0.15, -0.1) is 0 Å². The molecule has 3 heteroatoms. The lowest BCUT2D eigenvalue weighted by Crippen LogP contribution is -2.07. The molecule has 0 bridgehead atoms. The van der Waals surface area contributed by atoms with Crippen molar-refractivity contribution < 1.29 is 9.59 Å². The van der Waals surface area contributed by atoms with Crippen LogP contribution in [0.3, 0.4) is 0 Å². The smallest absolute Gasteiger partial charge is 0.170 e. The number of halogens is 1. The van der Waals surface area contributed by atoms with Gasteiger partial charge < -0.3 is 0 Å². The number of rotatable bonds is 7. The third kappa shape index (κ3) is 5.45. The molecule has 0 aliphatic carbocycles. The average molecular weight is 251 g/mol. The number of carbonyl (C=O) groups excluding carboxylic acids is 2. The van der Waals surface area contributed by atoms with Crippen molar-refractivity contribution in [1.82, 2.24) is 0 Å². The van der Waals surface area contributed by atoms with Gasteiger partial charge in [-0.05, 0) is 12.8 Å². The normalized spacial score (nSPS) is 10.6. The first-order valence-electron chi connectivity index (χ1n) is 5.59. The van der Waals surface area contributed by atoms with Crippen molar-refractivity contribution in [1.29, 1.82) is 0 Å². The van der Waals surface area contributed by atoms with E-state index >= 15 is 0 Å². The quantitative estimate of drug-likeness (QED) is 0.420.